The maximum absolute atomic E-state index is 9.75. The van der Waals surface area contributed by atoms with E-state index in [9.17, 15) is 51.8 Å². The molecular formula is C15H12B3F12N3PRh. The van der Waals surface area contributed by atoms with Crippen LogP contribution in [0.2, 0.25) is 0 Å². The Labute approximate surface area is 205 Å². The summed E-state index contributed by atoms with van der Waals surface area (Å²) in [5.74, 6) is 0. The number of pyridine rings is 3. The fourth-order valence-corrected chi connectivity index (χ4v) is 3.77. The first-order chi connectivity index (χ1) is 15.4. The van der Waals surface area contributed by atoms with Crippen LogP contribution in [-0.2, 0) is 19.5 Å². The van der Waals surface area contributed by atoms with Crippen LogP contribution in [0.15, 0.2) is 73.2 Å². The van der Waals surface area contributed by atoms with Gasteiger partial charge < -0.3 is 51.8 Å². The predicted octanol–water partition coefficient (Wildman–Crippen LogP) is 5.53. The van der Waals surface area contributed by atoms with Crippen molar-refractivity contribution in [3.8, 4) is 0 Å². The third-order valence-corrected chi connectivity index (χ3v) is 4.80. The summed E-state index contributed by atoms with van der Waals surface area (Å²) in [5, 5.41) is 0. The molecule has 3 heterocycles. The second kappa shape index (κ2) is 16.5. The van der Waals surface area contributed by atoms with Gasteiger partial charge >= 0.3 is 41.2 Å². The van der Waals surface area contributed by atoms with Crippen LogP contribution in [0.1, 0.15) is 0 Å². The van der Waals surface area contributed by atoms with Crippen LogP contribution in [-0.4, -0.2) is 36.7 Å². The monoisotopic (exact) mass is 629 g/mol. The predicted molar refractivity (Wildman–Crippen MR) is 109 cm³/mol. The first-order valence-corrected chi connectivity index (χ1v) is 9.94. The molecule has 35 heavy (non-hydrogen) atoms. The molecule has 0 aliphatic rings. The Hall–Kier alpha value is -2.14. The van der Waals surface area contributed by atoms with Crippen LogP contribution in [0.3, 0.4) is 0 Å². The summed E-state index contributed by atoms with van der Waals surface area (Å²) in [6.45, 7) is 0. The number of nitrogens with zero attached hydrogens (tertiary/aromatic N) is 3. The van der Waals surface area contributed by atoms with Crippen molar-refractivity contribution in [2.45, 2.75) is 0 Å². The third-order valence-electron chi connectivity index (χ3n) is 2.64. The van der Waals surface area contributed by atoms with Crippen LogP contribution in [0.4, 0.5) is 51.8 Å². The Kier molecular flexibility index (Phi) is 16.5. The topological polar surface area (TPSA) is 38.7 Å². The summed E-state index contributed by atoms with van der Waals surface area (Å²) >= 11 is 0. The summed E-state index contributed by atoms with van der Waals surface area (Å²) in [4.78, 5) is 13.4. The van der Waals surface area contributed by atoms with Crippen molar-refractivity contribution < 1.29 is 71.3 Å². The fraction of sp³-hybridized carbons (Fsp3) is 0. The Morgan fingerprint density at radius 1 is 0.429 bits per heavy atom. The molecule has 0 saturated heterocycles. The van der Waals surface area contributed by atoms with Crippen molar-refractivity contribution in [1.82, 2.24) is 15.0 Å². The maximum Gasteiger partial charge on any atom is 3.00 e. The van der Waals surface area contributed by atoms with Crippen LogP contribution < -0.4 is 16.3 Å². The zero-order valence-corrected chi connectivity index (χ0v) is 19.4. The van der Waals surface area contributed by atoms with Crippen molar-refractivity contribution >= 4 is 46.0 Å². The van der Waals surface area contributed by atoms with Gasteiger partial charge in [-0.15, -0.1) is 0 Å². The molecule has 0 amide bonds. The van der Waals surface area contributed by atoms with E-state index in [1.807, 2.05) is 73.2 Å². The minimum Gasteiger partial charge on any atom is -0.418 e. The maximum atomic E-state index is 9.75. The first kappa shape index (κ1) is 35.0. The van der Waals surface area contributed by atoms with Gasteiger partial charge in [0.1, 0.15) is 0 Å². The van der Waals surface area contributed by atoms with Crippen molar-refractivity contribution in [2.75, 3.05) is 0 Å². The average molecular weight is 629 g/mol. The third kappa shape index (κ3) is 24.8. The van der Waals surface area contributed by atoms with E-state index in [2.05, 4.69) is 15.0 Å². The van der Waals surface area contributed by atoms with Crippen LogP contribution in [0, 0.1) is 0 Å². The van der Waals surface area contributed by atoms with Gasteiger partial charge in [-0.25, -0.2) is 0 Å². The van der Waals surface area contributed by atoms with Gasteiger partial charge in [0.25, 0.3) is 0 Å². The first-order valence-electron chi connectivity index (χ1n) is 8.60. The molecule has 0 bridgehead atoms. The SMILES string of the molecule is F[B-](F)(F)F.F[B-](F)(F)F.F[B-](F)(F)F.[Rh+3].c1ccc(P(c2ccccn2)c2ccccn2)nc1. The smallest absolute Gasteiger partial charge is 0.418 e. The molecule has 20 heteroatoms. The van der Waals surface area contributed by atoms with Gasteiger partial charge in [-0.05, 0) is 36.4 Å². The molecule has 0 spiro atoms. The van der Waals surface area contributed by atoms with E-state index >= 15 is 0 Å². The van der Waals surface area contributed by atoms with Crippen molar-refractivity contribution in [3.05, 3.63) is 73.2 Å². The normalized spacial score (nSPS) is 10.9. The van der Waals surface area contributed by atoms with Crippen molar-refractivity contribution in [2.24, 2.45) is 0 Å². The minimum absolute atomic E-state index is 0. The second-order valence-corrected chi connectivity index (χ2v) is 7.43. The number of halogens is 12. The van der Waals surface area contributed by atoms with Gasteiger partial charge in [0.2, 0.25) is 0 Å². The van der Waals surface area contributed by atoms with Crippen molar-refractivity contribution in [3.63, 3.8) is 0 Å². The molecule has 3 nitrogen and oxygen atoms in total. The number of hydrogen-bond donors (Lipinski definition) is 0. The zero-order valence-electron chi connectivity index (χ0n) is 16.8. The summed E-state index contributed by atoms with van der Waals surface area (Å²) < 4.78 is 117. The molecule has 3 aromatic heterocycles. The second-order valence-electron chi connectivity index (χ2n) is 5.38. The number of rotatable bonds is 3. The van der Waals surface area contributed by atoms with Gasteiger partial charge in [-0.2, -0.15) is 0 Å². The van der Waals surface area contributed by atoms with Gasteiger partial charge in [0.15, 0.2) is 0 Å². The summed E-state index contributed by atoms with van der Waals surface area (Å²) in [6, 6.07) is 17.9. The fourth-order valence-electron chi connectivity index (χ4n) is 1.81. The Morgan fingerprint density at radius 2 is 0.629 bits per heavy atom. The molecule has 0 aliphatic carbocycles. The average Bonchev–Trinajstić information content (AvgIpc) is 2.67. The van der Waals surface area contributed by atoms with Crippen LogP contribution in [0.5, 0.6) is 0 Å². The largest absolute Gasteiger partial charge is 3.00 e. The number of hydrogen-bond acceptors (Lipinski definition) is 3. The van der Waals surface area contributed by atoms with E-state index < -0.39 is 29.7 Å². The Morgan fingerprint density at radius 3 is 0.771 bits per heavy atom. The molecule has 3 rings (SSSR count). The van der Waals surface area contributed by atoms with Gasteiger partial charge in [0.05, 0.1) is 16.3 Å². The molecule has 0 atom stereocenters. The molecule has 0 aromatic carbocycles. The van der Waals surface area contributed by atoms with E-state index in [1.54, 1.807) is 0 Å². The number of aromatic nitrogens is 3. The molecule has 3 aromatic rings. The zero-order chi connectivity index (χ0) is 26.4. The Bertz CT molecular complexity index is 783. The molecule has 0 saturated carbocycles. The minimum atomic E-state index is -6.00. The summed E-state index contributed by atoms with van der Waals surface area (Å²) in [6.07, 6.45) is 5.45. The van der Waals surface area contributed by atoms with Crippen LogP contribution in [0.25, 0.3) is 0 Å². The molecule has 0 unspecified atom stereocenters. The van der Waals surface area contributed by atoms with E-state index in [0.717, 1.165) is 16.3 Å². The molecule has 194 valence electrons. The summed E-state index contributed by atoms with van der Waals surface area (Å²) in [5.41, 5.74) is 3.07. The Balaban J connectivity index is 0. The van der Waals surface area contributed by atoms with Crippen molar-refractivity contribution in [1.29, 1.82) is 0 Å². The van der Waals surface area contributed by atoms with E-state index in [1.165, 1.54) is 0 Å². The molecular weight excluding hydrogens is 616 g/mol. The molecule has 0 radical (unpaired) electrons. The van der Waals surface area contributed by atoms with Gasteiger partial charge in [-0.3, -0.25) is 15.0 Å². The summed E-state index contributed by atoms with van der Waals surface area (Å²) in [7, 11) is -18.8. The molecule has 0 aliphatic heterocycles. The molecule has 0 N–H and O–H groups in total. The van der Waals surface area contributed by atoms with Crippen LogP contribution >= 0.6 is 7.92 Å². The van der Waals surface area contributed by atoms with E-state index in [4.69, 9.17) is 0 Å². The van der Waals surface area contributed by atoms with Gasteiger partial charge in [-0.1, -0.05) is 18.2 Å². The van der Waals surface area contributed by atoms with E-state index in [-0.39, 0.29) is 19.5 Å². The quantitative estimate of drug-likeness (QED) is 0.218. The van der Waals surface area contributed by atoms with Gasteiger partial charge in [0, 0.05) is 26.5 Å². The van der Waals surface area contributed by atoms with E-state index in [0.29, 0.717) is 0 Å². The standard InChI is InChI=1S/C15H12N3P.3BF4.Rh/c1-4-10-16-13(7-1)19(14-8-2-5-11-17-14)15-9-3-6-12-18-15;3*2-1(3,4)5;/h1-12H;;;;/q;3*-1;+3. The molecule has 0 fully saturated rings.